The molecule has 0 unspecified atom stereocenters. The average Bonchev–Trinajstić information content (AvgIpc) is 3.11. The zero-order valence-electron chi connectivity index (χ0n) is 14.2. The lowest BCUT2D eigenvalue weighted by molar-refractivity contribution is -0.138. The predicted octanol–water partition coefficient (Wildman–Crippen LogP) is 4.26. The van der Waals surface area contributed by atoms with Crippen molar-refractivity contribution in [2.75, 3.05) is 7.11 Å². The van der Waals surface area contributed by atoms with Crippen molar-refractivity contribution in [3.05, 3.63) is 77.6 Å². The van der Waals surface area contributed by atoms with Crippen molar-refractivity contribution in [3.63, 3.8) is 0 Å². The van der Waals surface area contributed by atoms with E-state index < -0.39 is 24.3 Å². The first-order valence-corrected chi connectivity index (χ1v) is 7.91. The van der Waals surface area contributed by atoms with Crippen LogP contribution in [0.5, 0.6) is 5.75 Å². The quantitative estimate of drug-likeness (QED) is 0.625. The Morgan fingerprint density at radius 3 is 2.41 bits per heavy atom. The number of esters is 1. The number of carbonyl (C=O) groups is 1. The second-order valence-electron chi connectivity index (χ2n) is 5.56. The van der Waals surface area contributed by atoms with E-state index in [1.165, 1.54) is 36.2 Å². The Hall–Kier alpha value is -3.29. The SMILES string of the molecule is COc1cn(-c2ccccc2)nc1C(=O)OCc1ccccc1C(F)(F)F. The van der Waals surface area contributed by atoms with E-state index in [1.807, 2.05) is 6.07 Å². The maximum absolute atomic E-state index is 13.0. The Morgan fingerprint density at radius 1 is 1.07 bits per heavy atom. The number of hydrogen-bond donors (Lipinski definition) is 0. The molecular weight excluding hydrogens is 361 g/mol. The summed E-state index contributed by atoms with van der Waals surface area (Å²) in [5, 5.41) is 4.13. The number of carbonyl (C=O) groups excluding carboxylic acids is 1. The third-order valence-corrected chi connectivity index (χ3v) is 3.80. The lowest BCUT2D eigenvalue weighted by Crippen LogP contribution is -2.13. The van der Waals surface area contributed by atoms with Crippen molar-refractivity contribution in [1.29, 1.82) is 0 Å². The van der Waals surface area contributed by atoms with Gasteiger partial charge >= 0.3 is 12.1 Å². The van der Waals surface area contributed by atoms with Gasteiger partial charge in [-0.15, -0.1) is 0 Å². The van der Waals surface area contributed by atoms with E-state index in [9.17, 15) is 18.0 Å². The van der Waals surface area contributed by atoms with Crippen LogP contribution in [0.2, 0.25) is 0 Å². The fraction of sp³-hybridized carbons (Fsp3) is 0.158. The molecule has 1 aromatic heterocycles. The topological polar surface area (TPSA) is 53.4 Å². The van der Waals surface area contributed by atoms with Gasteiger partial charge in [-0.25, -0.2) is 9.48 Å². The molecule has 3 rings (SSSR count). The van der Waals surface area contributed by atoms with Crippen molar-refractivity contribution in [3.8, 4) is 11.4 Å². The van der Waals surface area contributed by atoms with E-state index in [-0.39, 0.29) is 17.0 Å². The van der Waals surface area contributed by atoms with Gasteiger partial charge in [0, 0.05) is 5.56 Å². The van der Waals surface area contributed by atoms with Crippen LogP contribution in [0, 0.1) is 0 Å². The number of aromatic nitrogens is 2. The van der Waals surface area contributed by atoms with Crippen LogP contribution < -0.4 is 4.74 Å². The highest BCUT2D eigenvalue weighted by Gasteiger charge is 2.33. The molecule has 27 heavy (non-hydrogen) atoms. The molecule has 0 spiro atoms. The summed E-state index contributed by atoms with van der Waals surface area (Å²) in [5.74, 6) is -0.716. The third-order valence-electron chi connectivity index (χ3n) is 3.80. The van der Waals surface area contributed by atoms with Crippen LogP contribution in [-0.2, 0) is 17.5 Å². The van der Waals surface area contributed by atoms with Gasteiger partial charge in [-0.05, 0) is 18.2 Å². The number of rotatable bonds is 5. The van der Waals surface area contributed by atoms with Gasteiger partial charge in [0.2, 0.25) is 5.69 Å². The molecule has 0 fully saturated rings. The maximum Gasteiger partial charge on any atom is 0.416 e. The molecular formula is C19H15F3N2O3. The number of nitrogens with zero attached hydrogens (tertiary/aromatic N) is 2. The first kappa shape index (κ1) is 18.5. The molecule has 0 aliphatic heterocycles. The minimum Gasteiger partial charge on any atom is -0.493 e. The Balaban J connectivity index is 1.81. The van der Waals surface area contributed by atoms with Crippen molar-refractivity contribution in [1.82, 2.24) is 9.78 Å². The van der Waals surface area contributed by atoms with Gasteiger partial charge in [-0.3, -0.25) is 0 Å². The minimum atomic E-state index is -4.53. The van der Waals surface area contributed by atoms with E-state index in [0.29, 0.717) is 5.69 Å². The maximum atomic E-state index is 13.0. The van der Waals surface area contributed by atoms with Crippen molar-refractivity contribution in [2.45, 2.75) is 12.8 Å². The fourth-order valence-corrected chi connectivity index (χ4v) is 2.50. The van der Waals surface area contributed by atoms with Crippen molar-refractivity contribution >= 4 is 5.97 Å². The Labute approximate surface area is 152 Å². The van der Waals surface area contributed by atoms with Gasteiger partial charge < -0.3 is 9.47 Å². The molecule has 0 atom stereocenters. The molecule has 0 aliphatic carbocycles. The van der Waals surface area contributed by atoms with Gasteiger partial charge in [0.05, 0.1) is 24.6 Å². The number of alkyl halides is 3. The molecule has 5 nitrogen and oxygen atoms in total. The number of halogens is 3. The standard InChI is InChI=1S/C19H15F3N2O3/c1-26-16-11-24(14-8-3-2-4-9-14)23-17(16)18(25)27-12-13-7-5-6-10-15(13)19(20,21)22/h2-11H,12H2,1H3. The molecule has 1 heterocycles. The van der Waals surface area contributed by atoms with Gasteiger partial charge in [0.25, 0.3) is 0 Å². The fourth-order valence-electron chi connectivity index (χ4n) is 2.50. The summed E-state index contributed by atoms with van der Waals surface area (Å²) < 4.78 is 50.7. The Bertz CT molecular complexity index is 937. The number of hydrogen-bond acceptors (Lipinski definition) is 4. The van der Waals surface area contributed by atoms with Gasteiger partial charge in [0.15, 0.2) is 5.75 Å². The van der Waals surface area contributed by atoms with Crippen LogP contribution in [0.25, 0.3) is 5.69 Å². The molecule has 140 valence electrons. The summed E-state index contributed by atoms with van der Waals surface area (Å²) in [7, 11) is 1.36. The Kier molecular flexibility index (Phi) is 5.16. The Morgan fingerprint density at radius 2 is 1.74 bits per heavy atom. The molecule has 8 heteroatoms. The second-order valence-corrected chi connectivity index (χ2v) is 5.56. The molecule has 0 amide bonds. The van der Waals surface area contributed by atoms with E-state index in [0.717, 1.165) is 6.07 Å². The molecule has 0 N–H and O–H groups in total. The summed E-state index contributed by atoms with van der Waals surface area (Å²) in [6.45, 7) is -0.532. The molecule has 0 bridgehead atoms. The molecule has 0 aliphatic rings. The van der Waals surface area contributed by atoms with Gasteiger partial charge in [0.1, 0.15) is 6.61 Å². The van der Waals surface area contributed by atoms with Crippen LogP contribution in [0.3, 0.4) is 0 Å². The first-order valence-electron chi connectivity index (χ1n) is 7.91. The van der Waals surface area contributed by atoms with Crippen LogP contribution in [0.15, 0.2) is 60.8 Å². The highest BCUT2D eigenvalue weighted by Crippen LogP contribution is 2.32. The van der Waals surface area contributed by atoms with Gasteiger partial charge in [-0.2, -0.15) is 18.3 Å². The molecule has 0 saturated carbocycles. The van der Waals surface area contributed by atoms with E-state index in [4.69, 9.17) is 9.47 Å². The average molecular weight is 376 g/mol. The zero-order chi connectivity index (χ0) is 19.4. The predicted molar refractivity (Wildman–Crippen MR) is 90.7 cm³/mol. The van der Waals surface area contributed by atoms with Crippen molar-refractivity contribution < 1.29 is 27.4 Å². The zero-order valence-corrected chi connectivity index (χ0v) is 14.2. The summed E-state index contributed by atoms with van der Waals surface area (Å²) in [6, 6.07) is 13.9. The lowest BCUT2D eigenvalue weighted by atomic mass is 10.1. The highest BCUT2D eigenvalue weighted by molar-refractivity contribution is 5.90. The normalized spacial score (nSPS) is 11.3. The monoisotopic (exact) mass is 376 g/mol. The molecule has 2 aromatic carbocycles. The summed E-state index contributed by atoms with van der Waals surface area (Å²) >= 11 is 0. The van der Waals surface area contributed by atoms with E-state index in [2.05, 4.69) is 5.10 Å². The van der Waals surface area contributed by atoms with E-state index >= 15 is 0 Å². The highest BCUT2D eigenvalue weighted by atomic mass is 19.4. The van der Waals surface area contributed by atoms with E-state index in [1.54, 1.807) is 24.3 Å². The van der Waals surface area contributed by atoms with Crippen LogP contribution in [0.4, 0.5) is 13.2 Å². The molecule has 3 aromatic rings. The molecule has 0 radical (unpaired) electrons. The first-order chi connectivity index (χ1) is 12.9. The number of methoxy groups -OCH3 is 1. The largest absolute Gasteiger partial charge is 0.493 e. The van der Waals surface area contributed by atoms with Crippen molar-refractivity contribution in [2.24, 2.45) is 0 Å². The summed E-state index contributed by atoms with van der Waals surface area (Å²) in [6.07, 6.45) is -3.04. The minimum absolute atomic E-state index is 0.120. The number of benzene rings is 2. The summed E-state index contributed by atoms with van der Waals surface area (Å²) in [5.41, 5.74) is -0.414. The van der Waals surface area contributed by atoms with Crippen LogP contribution in [0.1, 0.15) is 21.6 Å². The second kappa shape index (κ2) is 7.53. The van der Waals surface area contributed by atoms with Crippen LogP contribution in [-0.4, -0.2) is 22.9 Å². The lowest BCUT2D eigenvalue weighted by Gasteiger charge is -2.12. The number of ether oxygens (including phenoxy) is 2. The van der Waals surface area contributed by atoms with Gasteiger partial charge in [-0.1, -0.05) is 36.4 Å². The summed E-state index contributed by atoms with van der Waals surface area (Å²) in [4.78, 5) is 12.3. The number of para-hydroxylation sites is 1. The molecule has 0 saturated heterocycles. The van der Waals surface area contributed by atoms with Crippen LogP contribution >= 0.6 is 0 Å². The smallest absolute Gasteiger partial charge is 0.416 e. The third kappa shape index (κ3) is 4.11.